The molecule has 27 heavy (non-hydrogen) atoms. The predicted octanol–water partition coefficient (Wildman–Crippen LogP) is 2.78. The Morgan fingerprint density at radius 2 is 1.85 bits per heavy atom. The third-order valence-corrected chi connectivity index (χ3v) is 5.58. The number of likely N-dealkylation sites (tertiary alicyclic amines) is 2. The largest absolute Gasteiger partial charge is 0.497 e. The van der Waals surface area contributed by atoms with Crippen molar-refractivity contribution in [2.75, 3.05) is 33.4 Å². The van der Waals surface area contributed by atoms with Gasteiger partial charge in [-0.05, 0) is 63.3 Å². The van der Waals surface area contributed by atoms with E-state index in [4.69, 9.17) is 9.47 Å². The molecule has 0 N–H and O–H groups in total. The summed E-state index contributed by atoms with van der Waals surface area (Å²) in [6.07, 6.45) is 4.73. The zero-order valence-corrected chi connectivity index (χ0v) is 16.4. The van der Waals surface area contributed by atoms with E-state index in [1.807, 2.05) is 12.1 Å². The van der Waals surface area contributed by atoms with Crippen LogP contribution in [-0.4, -0.2) is 61.1 Å². The van der Waals surface area contributed by atoms with E-state index in [0.29, 0.717) is 26.1 Å². The van der Waals surface area contributed by atoms with Gasteiger partial charge in [-0.2, -0.15) is 0 Å². The Labute approximate surface area is 161 Å². The maximum atomic E-state index is 13.0. The number of nitrogens with zero attached hydrogens (tertiary/aromatic N) is 2. The molecule has 2 fully saturated rings. The number of hydrogen-bond acceptors (Lipinski definition) is 5. The average Bonchev–Trinajstić information content (AvgIpc) is 3.16. The summed E-state index contributed by atoms with van der Waals surface area (Å²) in [5, 5.41) is 0. The number of amides is 1. The first-order valence-corrected chi connectivity index (χ1v) is 9.98. The minimum Gasteiger partial charge on any atom is -0.497 e. The van der Waals surface area contributed by atoms with E-state index in [9.17, 15) is 9.59 Å². The Kier molecular flexibility index (Phi) is 6.72. The van der Waals surface area contributed by atoms with Crippen LogP contribution < -0.4 is 4.74 Å². The highest BCUT2D eigenvalue weighted by Gasteiger charge is 2.35. The maximum Gasteiger partial charge on any atom is 0.328 e. The Balaban J connectivity index is 1.66. The van der Waals surface area contributed by atoms with Crippen LogP contribution in [0.5, 0.6) is 5.75 Å². The van der Waals surface area contributed by atoms with Gasteiger partial charge in [0, 0.05) is 12.6 Å². The molecule has 2 saturated heterocycles. The van der Waals surface area contributed by atoms with Crippen LogP contribution in [-0.2, 0) is 14.3 Å². The fourth-order valence-electron chi connectivity index (χ4n) is 4.20. The van der Waals surface area contributed by atoms with Crippen molar-refractivity contribution in [1.82, 2.24) is 9.80 Å². The second-order valence-corrected chi connectivity index (χ2v) is 7.25. The van der Waals surface area contributed by atoms with E-state index >= 15 is 0 Å². The molecule has 6 nitrogen and oxygen atoms in total. The Morgan fingerprint density at radius 1 is 1.07 bits per heavy atom. The van der Waals surface area contributed by atoms with Crippen molar-refractivity contribution in [2.24, 2.45) is 0 Å². The van der Waals surface area contributed by atoms with Crippen molar-refractivity contribution < 1.29 is 19.1 Å². The summed E-state index contributed by atoms with van der Waals surface area (Å²) in [6.45, 7) is 4.05. The van der Waals surface area contributed by atoms with Crippen molar-refractivity contribution in [1.29, 1.82) is 0 Å². The molecule has 2 unspecified atom stereocenters. The van der Waals surface area contributed by atoms with Gasteiger partial charge in [-0.1, -0.05) is 12.1 Å². The number of methoxy groups -OCH3 is 1. The summed E-state index contributed by atoms with van der Waals surface area (Å²) in [5.41, 5.74) is 1.21. The van der Waals surface area contributed by atoms with Crippen molar-refractivity contribution in [3.8, 4) is 5.75 Å². The third kappa shape index (κ3) is 4.61. The molecule has 0 aliphatic carbocycles. The highest BCUT2D eigenvalue weighted by Crippen LogP contribution is 2.33. The first-order chi connectivity index (χ1) is 13.1. The van der Waals surface area contributed by atoms with Gasteiger partial charge in [0.25, 0.3) is 0 Å². The maximum absolute atomic E-state index is 13.0. The van der Waals surface area contributed by atoms with Crippen LogP contribution in [0.1, 0.15) is 50.6 Å². The lowest BCUT2D eigenvalue weighted by Gasteiger charge is -2.36. The van der Waals surface area contributed by atoms with E-state index in [0.717, 1.165) is 38.0 Å². The molecule has 1 aromatic rings. The number of esters is 1. The van der Waals surface area contributed by atoms with Crippen LogP contribution in [0.2, 0.25) is 0 Å². The molecule has 2 atom stereocenters. The molecule has 1 amide bonds. The third-order valence-electron chi connectivity index (χ3n) is 5.58. The van der Waals surface area contributed by atoms with Gasteiger partial charge in [0.2, 0.25) is 5.91 Å². The van der Waals surface area contributed by atoms with Gasteiger partial charge in [-0.25, -0.2) is 4.79 Å². The van der Waals surface area contributed by atoms with Gasteiger partial charge < -0.3 is 14.4 Å². The van der Waals surface area contributed by atoms with E-state index in [-0.39, 0.29) is 17.9 Å². The molecule has 2 aliphatic rings. The van der Waals surface area contributed by atoms with Crippen molar-refractivity contribution in [3.63, 3.8) is 0 Å². The Morgan fingerprint density at radius 3 is 2.56 bits per heavy atom. The monoisotopic (exact) mass is 374 g/mol. The van der Waals surface area contributed by atoms with Crippen LogP contribution in [0.4, 0.5) is 0 Å². The summed E-state index contributed by atoms with van der Waals surface area (Å²) in [6, 6.07) is 7.91. The normalized spacial score (nSPS) is 23.3. The molecule has 0 bridgehead atoms. The number of ether oxygens (including phenoxy) is 2. The number of benzene rings is 1. The summed E-state index contributed by atoms with van der Waals surface area (Å²) in [7, 11) is 1.66. The van der Waals surface area contributed by atoms with Crippen LogP contribution in [0.25, 0.3) is 0 Å². The standard InChI is InChI=1S/C21H30N2O4/c1-3-27-21(25)19-7-4-5-14-23(19)20(24)15-22-13-6-8-18(22)16-9-11-17(26-2)12-10-16/h9-12,18-19H,3-8,13-15H2,1-2H3. The van der Waals surface area contributed by atoms with Crippen molar-refractivity contribution >= 4 is 11.9 Å². The highest BCUT2D eigenvalue weighted by atomic mass is 16.5. The minimum absolute atomic E-state index is 0.0353. The van der Waals surface area contributed by atoms with E-state index < -0.39 is 6.04 Å². The second-order valence-electron chi connectivity index (χ2n) is 7.25. The molecular weight excluding hydrogens is 344 g/mol. The molecule has 6 heteroatoms. The molecule has 2 aliphatic heterocycles. The topological polar surface area (TPSA) is 59.1 Å². The van der Waals surface area contributed by atoms with Crippen LogP contribution in [0.15, 0.2) is 24.3 Å². The highest BCUT2D eigenvalue weighted by molar-refractivity contribution is 5.86. The molecule has 1 aromatic carbocycles. The lowest BCUT2D eigenvalue weighted by molar-refractivity contribution is -0.157. The Hall–Kier alpha value is -2.08. The van der Waals surface area contributed by atoms with Gasteiger partial charge in [0.1, 0.15) is 11.8 Å². The zero-order chi connectivity index (χ0) is 19.2. The number of piperidine rings is 1. The van der Waals surface area contributed by atoms with Gasteiger partial charge >= 0.3 is 5.97 Å². The first-order valence-electron chi connectivity index (χ1n) is 9.98. The molecule has 0 spiro atoms. The van der Waals surface area contributed by atoms with Crippen LogP contribution >= 0.6 is 0 Å². The van der Waals surface area contributed by atoms with E-state index in [2.05, 4.69) is 17.0 Å². The molecular formula is C21H30N2O4. The molecule has 0 aromatic heterocycles. The van der Waals surface area contributed by atoms with Gasteiger partial charge in [-0.3, -0.25) is 9.69 Å². The zero-order valence-electron chi connectivity index (χ0n) is 16.4. The molecule has 3 rings (SSSR count). The van der Waals surface area contributed by atoms with Crippen LogP contribution in [0.3, 0.4) is 0 Å². The minimum atomic E-state index is -0.423. The summed E-state index contributed by atoms with van der Waals surface area (Å²) < 4.78 is 10.4. The average molecular weight is 374 g/mol. The molecule has 148 valence electrons. The van der Waals surface area contributed by atoms with Crippen molar-refractivity contribution in [2.45, 2.75) is 51.1 Å². The summed E-state index contributed by atoms with van der Waals surface area (Å²) in [5.74, 6) is 0.608. The first kappa shape index (κ1) is 19.7. The fourth-order valence-corrected chi connectivity index (χ4v) is 4.20. The molecule has 2 heterocycles. The van der Waals surface area contributed by atoms with Gasteiger partial charge in [-0.15, -0.1) is 0 Å². The summed E-state index contributed by atoms with van der Waals surface area (Å²) >= 11 is 0. The van der Waals surface area contributed by atoms with Crippen LogP contribution in [0, 0.1) is 0 Å². The number of hydrogen-bond donors (Lipinski definition) is 0. The summed E-state index contributed by atoms with van der Waals surface area (Å²) in [4.78, 5) is 29.2. The SMILES string of the molecule is CCOC(=O)C1CCCCN1C(=O)CN1CCCC1c1ccc(OC)cc1. The fraction of sp³-hybridized carbons (Fsp3) is 0.619. The molecule has 0 saturated carbocycles. The molecule has 0 radical (unpaired) electrons. The lowest BCUT2D eigenvalue weighted by Crippen LogP contribution is -2.51. The number of carbonyl (C=O) groups is 2. The predicted molar refractivity (Wildman–Crippen MR) is 103 cm³/mol. The van der Waals surface area contributed by atoms with Crippen molar-refractivity contribution in [3.05, 3.63) is 29.8 Å². The van der Waals surface area contributed by atoms with E-state index in [1.54, 1.807) is 18.9 Å². The van der Waals surface area contributed by atoms with Gasteiger partial charge in [0.15, 0.2) is 0 Å². The quantitative estimate of drug-likeness (QED) is 0.717. The second kappa shape index (κ2) is 9.22. The number of rotatable bonds is 6. The smallest absolute Gasteiger partial charge is 0.328 e. The lowest BCUT2D eigenvalue weighted by atomic mass is 10.0. The van der Waals surface area contributed by atoms with E-state index in [1.165, 1.54) is 5.56 Å². The number of carbonyl (C=O) groups excluding carboxylic acids is 2. The Bertz CT molecular complexity index is 646. The van der Waals surface area contributed by atoms with Gasteiger partial charge in [0.05, 0.1) is 20.3 Å².